The minimum Gasteiger partial charge on any atom is -0.459 e. The number of ether oxygens (including phenoxy) is 2. The largest absolute Gasteiger partial charge is 0.459 e. The van der Waals surface area contributed by atoms with Gasteiger partial charge in [-0.25, -0.2) is 14.6 Å². The summed E-state index contributed by atoms with van der Waals surface area (Å²) in [5.41, 5.74) is -0.229. The third kappa shape index (κ3) is 3.48. The molecule has 0 amide bonds. The molecule has 8 heteroatoms. The fraction of sp³-hybridized carbons (Fsp3) is 0.529. The lowest BCUT2D eigenvalue weighted by molar-refractivity contribution is 0.0376. The van der Waals surface area contributed by atoms with Gasteiger partial charge in [-0.3, -0.25) is 14.3 Å². The van der Waals surface area contributed by atoms with Crippen LogP contribution in [0.15, 0.2) is 15.7 Å². The molecule has 1 aliphatic rings. The van der Waals surface area contributed by atoms with Gasteiger partial charge in [-0.1, -0.05) is 0 Å². The zero-order chi connectivity index (χ0) is 18.1. The molecule has 0 aromatic carbocycles. The van der Waals surface area contributed by atoms with Crippen molar-refractivity contribution in [1.29, 1.82) is 0 Å². The van der Waals surface area contributed by atoms with E-state index >= 15 is 0 Å². The maximum absolute atomic E-state index is 12.2. The third-order valence-electron chi connectivity index (χ3n) is 4.13. The summed E-state index contributed by atoms with van der Waals surface area (Å²) in [4.78, 5) is 43.3. The molecule has 0 radical (unpaired) electrons. The number of nitrogens with zero attached hydrogens (tertiary/aromatic N) is 2. The number of pyridine rings is 1. The Morgan fingerprint density at radius 2 is 2.24 bits per heavy atom. The molecule has 0 bridgehead atoms. The Balaban J connectivity index is 2.12. The van der Waals surface area contributed by atoms with Crippen LogP contribution in [0.5, 0.6) is 0 Å². The summed E-state index contributed by atoms with van der Waals surface area (Å²) in [6, 6.07) is 1.44. The number of H-pyrrole nitrogens is 1. The fourth-order valence-corrected chi connectivity index (χ4v) is 2.94. The number of aromatic amines is 1. The average molecular weight is 347 g/mol. The molecule has 1 saturated heterocycles. The van der Waals surface area contributed by atoms with Crippen LogP contribution in [0.1, 0.15) is 42.7 Å². The Morgan fingerprint density at radius 3 is 2.88 bits per heavy atom. The predicted molar refractivity (Wildman–Crippen MR) is 90.9 cm³/mol. The molecule has 1 atom stereocenters. The Bertz CT molecular complexity index is 922. The quantitative estimate of drug-likeness (QED) is 0.832. The number of carbonyl (C=O) groups excluding carboxylic acids is 1. The van der Waals surface area contributed by atoms with E-state index in [0.29, 0.717) is 18.8 Å². The van der Waals surface area contributed by atoms with Crippen molar-refractivity contribution in [1.82, 2.24) is 14.5 Å². The van der Waals surface area contributed by atoms with Gasteiger partial charge in [0.1, 0.15) is 5.65 Å². The minimum absolute atomic E-state index is 0.0838. The van der Waals surface area contributed by atoms with Crippen LogP contribution < -0.4 is 11.2 Å². The van der Waals surface area contributed by atoms with Gasteiger partial charge in [0.05, 0.1) is 35.4 Å². The molecule has 3 rings (SSSR count). The summed E-state index contributed by atoms with van der Waals surface area (Å²) in [6.45, 7) is 6.12. The summed E-state index contributed by atoms with van der Waals surface area (Å²) >= 11 is 0. The zero-order valence-electron chi connectivity index (χ0n) is 14.5. The lowest BCUT2D eigenvalue weighted by Gasteiger charge is -2.15. The topological polar surface area (TPSA) is 103 Å². The number of fused-ring (bicyclic) bond motifs is 1. The van der Waals surface area contributed by atoms with Crippen LogP contribution in [0.4, 0.5) is 0 Å². The summed E-state index contributed by atoms with van der Waals surface area (Å²) in [7, 11) is 0. The van der Waals surface area contributed by atoms with Gasteiger partial charge >= 0.3 is 11.7 Å². The number of hydrogen-bond donors (Lipinski definition) is 1. The van der Waals surface area contributed by atoms with Gasteiger partial charge < -0.3 is 9.47 Å². The molecule has 1 aliphatic heterocycles. The number of aromatic nitrogens is 3. The van der Waals surface area contributed by atoms with Crippen molar-refractivity contribution >= 4 is 17.0 Å². The van der Waals surface area contributed by atoms with Gasteiger partial charge in [-0.05, 0) is 39.7 Å². The molecule has 2 aromatic heterocycles. The maximum atomic E-state index is 12.2. The highest BCUT2D eigenvalue weighted by Gasteiger charge is 2.21. The first-order chi connectivity index (χ1) is 11.9. The van der Waals surface area contributed by atoms with Crippen LogP contribution in [0.3, 0.4) is 0 Å². The van der Waals surface area contributed by atoms with Gasteiger partial charge in [-0.15, -0.1) is 0 Å². The number of hydrogen-bond acceptors (Lipinski definition) is 6. The van der Waals surface area contributed by atoms with Gasteiger partial charge in [0.2, 0.25) is 0 Å². The monoisotopic (exact) mass is 347 g/mol. The second-order valence-corrected chi connectivity index (χ2v) is 6.45. The molecule has 1 fully saturated rings. The highest BCUT2D eigenvalue weighted by molar-refractivity contribution is 5.94. The van der Waals surface area contributed by atoms with Crippen LogP contribution in [0.2, 0.25) is 0 Å². The third-order valence-corrected chi connectivity index (χ3v) is 4.13. The van der Waals surface area contributed by atoms with Crippen LogP contribution in [0, 0.1) is 6.92 Å². The summed E-state index contributed by atoms with van der Waals surface area (Å²) in [6.07, 6.45) is 1.43. The smallest absolute Gasteiger partial charge is 0.340 e. The zero-order valence-corrected chi connectivity index (χ0v) is 14.5. The SMILES string of the molecule is Cc1nc2c(cc1C(=O)OC(C)C)c(=O)[nH]c(=O)n2CC1CCCO1. The van der Waals surface area contributed by atoms with E-state index in [4.69, 9.17) is 9.47 Å². The van der Waals surface area contributed by atoms with E-state index < -0.39 is 17.2 Å². The van der Waals surface area contributed by atoms with Crippen molar-refractivity contribution in [2.45, 2.75) is 52.4 Å². The summed E-state index contributed by atoms with van der Waals surface area (Å²) in [5.74, 6) is -0.543. The van der Waals surface area contributed by atoms with Crippen molar-refractivity contribution < 1.29 is 14.3 Å². The molecule has 0 spiro atoms. The first-order valence-corrected chi connectivity index (χ1v) is 8.34. The highest BCUT2D eigenvalue weighted by Crippen LogP contribution is 2.17. The van der Waals surface area contributed by atoms with Crippen LogP contribution in [-0.4, -0.2) is 39.3 Å². The second kappa shape index (κ2) is 6.79. The number of rotatable bonds is 4. The lowest BCUT2D eigenvalue weighted by atomic mass is 10.1. The van der Waals surface area contributed by atoms with E-state index in [1.165, 1.54) is 10.6 Å². The first kappa shape index (κ1) is 17.3. The van der Waals surface area contributed by atoms with Gasteiger partial charge in [0, 0.05) is 6.61 Å². The van der Waals surface area contributed by atoms with E-state index in [1.807, 2.05) is 0 Å². The summed E-state index contributed by atoms with van der Waals surface area (Å²) < 4.78 is 12.2. The Morgan fingerprint density at radius 1 is 1.48 bits per heavy atom. The molecule has 25 heavy (non-hydrogen) atoms. The lowest BCUT2D eigenvalue weighted by Crippen LogP contribution is -2.34. The summed E-state index contributed by atoms with van der Waals surface area (Å²) in [5, 5.41) is 0.180. The molecule has 1 N–H and O–H groups in total. The van der Waals surface area contributed by atoms with Crippen LogP contribution >= 0.6 is 0 Å². The van der Waals surface area contributed by atoms with Crippen molar-refractivity contribution in [2.24, 2.45) is 0 Å². The van der Waals surface area contributed by atoms with Gasteiger partial charge in [0.15, 0.2) is 0 Å². The van der Waals surface area contributed by atoms with Crippen molar-refractivity contribution in [3.63, 3.8) is 0 Å². The number of nitrogens with one attached hydrogen (secondary N) is 1. The van der Waals surface area contributed by atoms with Crippen LogP contribution in [-0.2, 0) is 16.0 Å². The van der Waals surface area contributed by atoms with E-state index in [1.54, 1.807) is 20.8 Å². The molecular weight excluding hydrogens is 326 g/mol. The maximum Gasteiger partial charge on any atom is 0.340 e. The van der Waals surface area contributed by atoms with Crippen molar-refractivity contribution in [3.05, 3.63) is 38.2 Å². The van der Waals surface area contributed by atoms with E-state index in [9.17, 15) is 14.4 Å². The fourth-order valence-electron chi connectivity index (χ4n) is 2.94. The standard InChI is InChI=1S/C17H21N3O5/c1-9(2)25-16(22)12-7-13-14(18-10(12)3)20(17(23)19-15(13)21)8-11-5-4-6-24-11/h7,9,11H,4-6,8H2,1-3H3,(H,19,21,23). The predicted octanol–water partition coefficient (Wildman–Crippen LogP) is 1.14. The highest BCUT2D eigenvalue weighted by atomic mass is 16.5. The van der Waals surface area contributed by atoms with Crippen LogP contribution in [0.25, 0.3) is 11.0 Å². The number of esters is 1. The van der Waals surface area contributed by atoms with Crippen molar-refractivity contribution in [2.75, 3.05) is 6.61 Å². The second-order valence-electron chi connectivity index (χ2n) is 6.45. The molecular formula is C17H21N3O5. The Kier molecular flexibility index (Phi) is 4.71. The average Bonchev–Trinajstić information content (AvgIpc) is 3.03. The molecule has 1 unspecified atom stereocenters. The van der Waals surface area contributed by atoms with E-state index in [2.05, 4.69) is 9.97 Å². The molecule has 0 saturated carbocycles. The first-order valence-electron chi connectivity index (χ1n) is 8.34. The molecule has 8 nitrogen and oxygen atoms in total. The Hall–Kier alpha value is -2.48. The van der Waals surface area contributed by atoms with E-state index in [0.717, 1.165) is 12.8 Å². The molecule has 2 aromatic rings. The number of aryl methyl sites for hydroxylation is 1. The number of carbonyl (C=O) groups is 1. The normalized spacial score (nSPS) is 17.4. The molecule has 0 aliphatic carbocycles. The molecule has 134 valence electrons. The van der Waals surface area contributed by atoms with Gasteiger partial charge in [0.25, 0.3) is 5.56 Å². The Labute approximate surface area is 143 Å². The van der Waals surface area contributed by atoms with Crippen molar-refractivity contribution in [3.8, 4) is 0 Å². The van der Waals surface area contributed by atoms with E-state index in [-0.39, 0.29) is 28.8 Å². The van der Waals surface area contributed by atoms with Gasteiger partial charge in [-0.2, -0.15) is 0 Å². The minimum atomic E-state index is -0.574. The molecule has 3 heterocycles.